The summed E-state index contributed by atoms with van der Waals surface area (Å²) in [6, 6.07) is 6.52. The molecule has 0 bridgehead atoms. The van der Waals surface area contributed by atoms with Crippen LogP contribution in [0, 0.1) is 5.92 Å². The van der Waals surface area contributed by atoms with Gasteiger partial charge in [-0.3, -0.25) is 0 Å². The van der Waals surface area contributed by atoms with E-state index < -0.39 is 0 Å². The van der Waals surface area contributed by atoms with Gasteiger partial charge in [0.15, 0.2) is 0 Å². The van der Waals surface area contributed by atoms with Crippen LogP contribution in [0.5, 0.6) is 5.75 Å². The fraction of sp³-hybridized carbons (Fsp3) is 0.600. The molecule has 0 amide bonds. The van der Waals surface area contributed by atoms with Crippen LogP contribution in [-0.4, -0.2) is 25.9 Å². The largest absolute Gasteiger partial charge is 0.493 e. The van der Waals surface area contributed by atoms with Gasteiger partial charge < -0.3 is 14.8 Å². The van der Waals surface area contributed by atoms with Crippen molar-refractivity contribution in [1.29, 1.82) is 0 Å². The third-order valence-electron chi connectivity index (χ3n) is 4.02. The fourth-order valence-corrected chi connectivity index (χ4v) is 2.80. The summed E-state index contributed by atoms with van der Waals surface area (Å²) >= 11 is 0. The molecule has 3 nitrogen and oxygen atoms in total. The first-order valence-electron chi connectivity index (χ1n) is 6.90. The topological polar surface area (TPSA) is 30.5 Å². The van der Waals surface area contributed by atoms with E-state index in [4.69, 9.17) is 9.47 Å². The quantitative estimate of drug-likeness (QED) is 0.884. The Morgan fingerprint density at radius 3 is 3.11 bits per heavy atom. The van der Waals surface area contributed by atoms with Crippen molar-refractivity contribution < 1.29 is 9.47 Å². The normalized spacial score (nSPS) is 26.1. The third-order valence-corrected chi connectivity index (χ3v) is 4.02. The van der Waals surface area contributed by atoms with E-state index in [0.29, 0.717) is 12.0 Å². The van der Waals surface area contributed by atoms with Crippen molar-refractivity contribution in [3.63, 3.8) is 0 Å². The van der Waals surface area contributed by atoms with Crippen LogP contribution < -0.4 is 10.1 Å². The molecule has 3 heteroatoms. The molecule has 0 spiro atoms. The van der Waals surface area contributed by atoms with Crippen molar-refractivity contribution >= 4 is 0 Å². The number of nitrogens with one attached hydrogen (secondary N) is 1. The van der Waals surface area contributed by atoms with Gasteiger partial charge >= 0.3 is 0 Å². The van der Waals surface area contributed by atoms with Crippen molar-refractivity contribution in [2.24, 2.45) is 5.92 Å². The molecular formula is C15H21NO2. The Labute approximate surface area is 108 Å². The molecule has 2 atom stereocenters. The number of rotatable bonds is 4. The van der Waals surface area contributed by atoms with E-state index in [1.807, 2.05) is 0 Å². The van der Waals surface area contributed by atoms with Gasteiger partial charge in [0.2, 0.25) is 0 Å². The standard InChI is InChI=1S/C15H21NO2/c1-11-14(5-6-17-11)10-16-9-12-2-3-15-13(8-12)4-7-18-15/h2-3,8,11,14,16H,4-7,9-10H2,1H3. The maximum atomic E-state index is 5.57. The molecule has 1 aromatic rings. The molecule has 2 aliphatic heterocycles. The summed E-state index contributed by atoms with van der Waals surface area (Å²) in [5.74, 6) is 1.74. The van der Waals surface area contributed by atoms with Gasteiger partial charge in [-0.25, -0.2) is 0 Å². The minimum absolute atomic E-state index is 0.408. The molecule has 2 aliphatic rings. The number of ether oxygens (including phenoxy) is 2. The Morgan fingerprint density at radius 2 is 2.28 bits per heavy atom. The van der Waals surface area contributed by atoms with E-state index in [2.05, 4.69) is 30.4 Å². The van der Waals surface area contributed by atoms with E-state index >= 15 is 0 Å². The summed E-state index contributed by atoms with van der Waals surface area (Å²) in [4.78, 5) is 0. The summed E-state index contributed by atoms with van der Waals surface area (Å²) in [7, 11) is 0. The molecule has 98 valence electrons. The average molecular weight is 247 g/mol. The monoisotopic (exact) mass is 247 g/mol. The van der Waals surface area contributed by atoms with E-state index in [9.17, 15) is 0 Å². The smallest absolute Gasteiger partial charge is 0.122 e. The van der Waals surface area contributed by atoms with Crippen molar-refractivity contribution in [1.82, 2.24) is 5.32 Å². The van der Waals surface area contributed by atoms with Gasteiger partial charge in [0.05, 0.1) is 12.7 Å². The van der Waals surface area contributed by atoms with E-state index in [-0.39, 0.29) is 0 Å². The van der Waals surface area contributed by atoms with Gasteiger partial charge in [-0.2, -0.15) is 0 Å². The van der Waals surface area contributed by atoms with Gasteiger partial charge in [0.25, 0.3) is 0 Å². The van der Waals surface area contributed by atoms with Gasteiger partial charge in [-0.05, 0) is 36.5 Å². The van der Waals surface area contributed by atoms with E-state index in [1.54, 1.807) is 0 Å². The van der Waals surface area contributed by atoms with Crippen LogP contribution in [0.1, 0.15) is 24.5 Å². The molecule has 2 unspecified atom stereocenters. The van der Waals surface area contributed by atoms with Crippen LogP contribution in [-0.2, 0) is 17.7 Å². The Kier molecular flexibility index (Phi) is 3.52. The Bertz CT molecular complexity index is 419. The molecular weight excluding hydrogens is 226 g/mol. The first-order valence-corrected chi connectivity index (χ1v) is 6.90. The zero-order valence-electron chi connectivity index (χ0n) is 10.9. The predicted molar refractivity (Wildman–Crippen MR) is 70.9 cm³/mol. The molecule has 1 fully saturated rings. The molecule has 1 aromatic carbocycles. The minimum atomic E-state index is 0.408. The first-order chi connectivity index (χ1) is 8.83. The minimum Gasteiger partial charge on any atom is -0.493 e. The molecule has 1 N–H and O–H groups in total. The van der Waals surface area contributed by atoms with Crippen molar-refractivity contribution in [3.8, 4) is 5.75 Å². The maximum Gasteiger partial charge on any atom is 0.122 e. The second kappa shape index (κ2) is 5.29. The lowest BCUT2D eigenvalue weighted by Gasteiger charge is -2.14. The Morgan fingerprint density at radius 1 is 1.33 bits per heavy atom. The predicted octanol–water partition coefficient (Wildman–Crippen LogP) is 2.14. The van der Waals surface area contributed by atoms with Crippen molar-refractivity contribution in [2.45, 2.75) is 32.4 Å². The van der Waals surface area contributed by atoms with Crippen LogP contribution in [0.15, 0.2) is 18.2 Å². The SMILES string of the molecule is CC1OCCC1CNCc1ccc2c(c1)CCO2. The summed E-state index contributed by atoms with van der Waals surface area (Å²) in [5, 5.41) is 3.54. The molecule has 0 radical (unpaired) electrons. The lowest BCUT2D eigenvalue weighted by atomic mass is 10.0. The number of fused-ring (bicyclic) bond motifs is 1. The fourth-order valence-electron chi connectivity index (χ4n) is 2.80. The van der Waals surface area contributed by atoms with Crippen LogP contribution >= 0.6 is 0 Å². The average Bonchev–Trinajstić information content (AvgIpc) is 2.98. The Hall–Kier alpha value is -1.06. The van der Waals surface area contributed by atoms with Gasteiger partial charge in [0, 0.05) is 26.1 Å². The summed E-state index contributed by atoms with van der Waals surface area (Å²) < 4.78 is 11.1. The number of hydrogen-bond acceptors (Lipinski definition) is 3. The summed E-state index contributed by atoms with van der Waals surface area (Å²) in [6.07, 6.45) is 2.65. The third kappa shape index (κ3) is 2.52. The second-order valence-electron chi connectivity index (χ2n) is 5.30. The van der Waals surface area contributed by atoms with Crippen LogP contribution in [0.25, 0.3) is 0 Å². The second-order valence-corrected chi connectivity index (χ2v) is 5.30. The summed E-state index contributed by atoms with van der Waals surface area (Å²) in [5.41, 5.74) is 2.71. The highest BCUT2D eigenvalue weighted by molar-refractivity contribution is 5.39. The van der Waals surface area contributed by atoms with E-state index in [1.165, 1.54) is 17.5 Å². The molecule has 0 aliphatic carbocycles. The van der Waals surface area contributed by atoms with Gasteiger partial charge in [-0.1, -0.05) is 12.1 Å². The lowest BCUT2D eigenvalue weighted by Crippen LogP contribution is -2.26. The van der Waals surface area contributed by atoms with Crippen LogP contribution in [0.2, 0.25) is 0 Å². The molecule has 0 aromatic heterocycles. The van der Waals surface area contributed by atoms with Crippen molar-refractivity contribution in [3.05, 3.63) is 29.3 Å². The number of hydrogen-bond donors (Lipinski definition) is 1. The highest BCUT2D eigenvalue weighted by atomic mass is 16.5. The maximum absolute atomic E-state index is 5.57. The molecule has 3 rings (SSSR count). The van der Waals surface area contributed by atoms with Gasteiger partial charge in [-0.15, -0.1) is 0 Å². The molecule has 2 heterocycles. The lowest BCUT2D eigenvalue weighted by molar-refractivity contribution is 0.105. The Balaban J connectivity index is 1.51. The van der Waals surface area contributed by atoms with Gasteiger partial charge in [0.1, 0.15) is 5.75 Å². The van der Waals surface area contributed by atoms with E-state index in [0.717, 1.165) is 38.5 Å². The zero-order valence-corrected chi connectivity index (χ0v) is 10.9. The van der Waals surface area contributed by atoms with Crippen LogP contribution in [0.4, 0.5) is 0 Å². The summed E-state index contributed by atoms with van der Waals surface area (Å²) in [6.45, 7) is 5.92. The zero-order chi connectivity index (χ0) is 12.4. The molecule has 18 heavy (non-hydrogen) atoms. The highest BCUT2D eigenvalue weighted by Crippen LogP contribution is 2.26. The molecule has 0 saturated carbocycles. The highest BCUT2D eigenvalue weighted by Gasteiger charge is 2.23. The molecule has 1 saturated heterocycles. The van der Waals surface area contributed by atoms with Crippen molar-refractivity contribution in [2.75, 3.05) is 19.8 Å². The van der Waals surface area contributed by atoms with Crippen LogP contribution in [0.3, 0.4) is 0 Å². The number of benzene rings is 1. The first kappa shape index (κ1) is 12.0.